The number of ether oxygens (including phenoxy) is 1. The zero-order chi connectivity index (χ0) is 22.5. The SMILES string of the molecule is Clc1nc(-c2ccccc2)nc2[nH]c(COC3CCN(CCCc4ccccc4)CC3)cc12. The Morgan fingerprint density at radius 3 is 2.45 bits per heavy atom. The van der Waals surface area contributed by atoms with E-state index in [2.05, 4.69) is 50.2 Å². The molecular weight excluding hydrogens is 432 g/mol. The maximum atomic E-state index is 6.45. The number of benzene rings is 2. The molecule has 1 N–H and O–H groups in total. The van der Waals surface area contributed by atoms with Gasteiger partial charge in [0.05, 0.1) is 18.1 Å². The zero-order valence-corrected chi connectivity index (χ0v) is 19.5. The van der Waals surface area contributed by atoms with Crippen molar-refractivity contribution in [1.29, 1.82) is 0 Å². The van der Waals surface area contributed by atoms with E-state index >= 15 is 0 Å². The molecule has 0 unspecified atom stereocenters. The van der Waals surface area contributed by atoms with Gasteiger partial charge >= 0.3 is 0 Å². The number of nitrogens with one attached hydrogen (secondary N) is 1. The molecule has 0 saturated carbocycles. The Balaban J connectivity index is 1.11. The first-order chi connectivity index (χ1) is 16.2. The minimum atomic E-state index is 0.295. The molecule has 0 spiro atoms. The summed E-state index contributed by atoms with van der Waals surface area (Å²) in [6.07, 6.45) is 4.80. The number of hydrogen-bond donors (Lipinski definition) is 1. The van der Waals surface area contributed by atoms with E-state index in [1.165, 1.54) is 12.0 Å². The molecule has 5 rings (SSSR count). The van der Waals surface area contributed by atoms with Gasteiger partial charge in [-0.05, 0) is 43.9 Å². The highest BCUT2D eigenvalue weighted by atomic mass is 35.5. The standard InChI is InChI=1S/C27H29ClN4O/c28-25-24-18-22(29-27(24)31-26(30-25)21-11-5-2-6-12-21)19-33-23-13-16-32(17-14-23)15-7-10-20-8-3-1-4-9-20/h1-6,8-9,11-12,18,23H,7,10,13-17,19H2,(H,29,30,31). The number of fused-ring (bicyclic) bond motifs is 1. The average molecular weight is 461 g/mol. The van der Waals surface area contributed by atoms with Crippen LogP contribution in [0.2, 0.25) is 5.15 Å². The molecule has 1 aliphatic heterocycles. The summed E-state index contributed by atoms with van der Waals surface area (Å²) in [5, 5.41) is 1.30. The molecule has 0 amide bonds. The molecule has 1 aliphatic rings. The predicted octanol–water partition coefficient (Wildman–Crippen LogP) is 5.89. The van der Waals surface area contributed by atoms with Crippen molar-refractivity contribution in [1.82, 2.24) is 19.9 Å². The van der Waals surface area contributed by atoms with Crippen LogP contribution in [0.1, 0.15) is 30.5 Å². The van der Waals surface area contributed by atoms with Crippen LogP contribution in [0.5, 0.6) is 0 Å². The minimum absolute atomic E-state index is 0.295. The fraction of sp³-hybridized carbons (Fsp3) is 0.333. The second kappa shape index (κ2) is 10.5. The smallest absolute Gasteiger partial charge is 0.163 e. The first kappa shape index (κ1) is 22.1. The lowest BCUT2D eigenvalue weighted by atomic mass is 10.1. The lowest BCUT2D eigenvalue weighted by molar-refractivity contribution is -0.00363. The number of nitrogens with zero attached hydrogens (tertiary/aromatic N) is 3. The van der Waals surface area contributed by atoms with Crippen LogP contribution in [-0.4, -0.2) is 45.6 Å². The summed E-state index contributed by atoms with van der Waals surface area (Å²) in [4.78, 5) is 15.1. The maximum Gasteiger partial charge on any atom is 0.163 e. The number of rotatable bonds is 8. The summed E-state index contributed by atoms with van der Waals surface area (Å²) >= 11 is 6.45. The van der Waals surface area contributed by atoms with Crippen LogP contribution in [0, 0.1) is 0 Å². The Bertz CT molecular complexity index is 1170. The van der Waals surface area contributed by atoms with Crippen molar-refractivity contribution in [3.8, 4) is 11.4 Å². The Hall–Kier alpha value is -2.73. The van der Waals surface area contributed by atoms with E-state index in [-0.39, 0.29) is 0 Å². The molecule has 1 saturated heterocycles. The Morgan fingerprint density at radius 2 is 1.70 bits per heavy atom. The van der Waals surface area contributed by atoms with E-state index in [1.807, 2.05) is 36.4 Å². The van der Waals surface area contributed by atoms with Crippen molar-refractivity contribution in [2.24, 2.45) is 0 Å². The number of likely N-dealkylation sites (tertiary alicyclic amines) is 1. The molecule has 0 atom stereocenters. The van der Waals surface area contributed by atoms with Crippen LogP contribution < -0.4 is 0 Å². The number of hydrogen-bond acceptors (Lipinski definition) is 4. The highest BCUT2D eigenvalue weighted by Crippen LogP contribution is 2.26. The van der Waals surface area contributed by atoms with E-state index < -0.39 is 0 Å². The number of piperidine rings is 1. The van der Waals surface area contributed by atoms with Crippen LogP contribution in [0.15, 0.2) is 66.7 Å². The van der Waals surface area contributed by atoms with Crippen LogP contribution in [-0.2, 0) is 17.8 Å². The number of H-pyrrole nitrogens is 1. The fourth-order valence-electron chi connectivity index (χ4n) is 4.48. The molecular formula is C27H29ClN4O. The molecule has 4 aromatic rings. The normalized spacial score (nSPS) is 15.3. The maximum absolute atomic E-state index is 6.45. The van der Waals surface area contributed by atoms with E-state index in [4.69, 9.17) is 16.3 Å². The van der Waals surface area contributed by atoms with Gasteiger partial charge in [-0.1, -0.05) is 72.3 Å². The number of aromatic amines is 1. The summed E-state index contributed by atoms with van der Waals surface area (Å²) in [6.45, 7) is 3.89. The monoisotopic (exact) mass is 460 g/mol. The lowest BCUT2D eigenvalue weighted by Gasteiger charge is -2.31. The van der Waals surface area contributed by atoms with Gasteiger partial charge in [-0.3, -0.25) is 0 Å². The third-order valence-corrected chi connectivity index (χ3v) is 6.61. The summed E-state index contributed by atoms with van der Waals surface area (Å²) < 4.78 is 6.23. The van der Waals surface area contributed by atoms with Crippen LogP contribution >= 0.6 is 11.6 Å². The predicted molar refractivity (Wildman–Crippen MR) is 133 cm³/mol. The van der Waals surface area contributed by atoms with Crippen LogP contribution in [0.4, 0.5) is 0 Å². The third-order valence-electron chi connectivity index (χ3n) is 6.32. The molecule has 0 aliphatic carbocycles. The topological polar surface area (TPSA) is 54.0 Å². The third kappa shape index (κ3) is 5.61. The fourth-order valence-corrected chi connectivity index (χ4v) is 4.70. The highest BCUT2D eigenvalue weighted by molar-refractivity contribution is 6.34. The molecule has 2 aromatic carbocycles. The Morgan fingerprint density at radius 1 is 0.970 bits per heavy atom. The Labute approximate surface area is 199 Å². The van der Waals surface area contributed by atoms with E-state index in [0.717, 1.165) is 61.2 Å². The summed E-state index contributed by atoms with van der Waals surface area (Å²) in [5.41, 5.74) is 4.11. The Kier molecular flexibility index (Phi) is 7.01. The summed E-state index contributed by atoms with van der Waals surface area (Å²) in [5.74, 6) is 0.627. The van der Waals surface area contributed by atoms with Gasteiger partial charge in [-0.25, -0.2) is 9.97 Å². The molecule has 3 heterocycles. The van der Waals surface area contributed by atoms with E-state index in [1.54, 1.807) is 0 Å². The number of aromatic nitrogens is 3. The first-order valence-electron chi connectivity index (χ1n) is 11.7. The van der Waals surface area contributed by atoms with Crippen molar-refractivity contribution in [3.05, 3.63) is 83.1 Å². The molecule has 1 fully saturated rings. The highest BCUT2D eigenvalue weighted by Gasteiger charge is 2.20. The molecule has 0 radical (unpaired) electrons. The van der Waals surface area contributed by atoms with E-state index in [0.29, 0.717) is 23.7 Å². The zero-order valence-electron chi connectivity index (χ0n) is 18.7. The van der Waals surface area contributed by atoms with Gasteiger partial charge in [-0.2, -0.15) is 0 Å². The van der Waals surface area contributed by atoms with E-state index in [9.17, 15) is 0 Å². The van der Waals surface area contributed by atoms with Crippen molar-refractivity contribution in [2.75, 3.05) is 19.6 Å². The minimum Gasteiger partial charge on any atom is -0.372 e. The van der Waals surface area contributed by atoms with Crippen molar-refractivity contribution < 1.29 is 4.74 Å². The van der Waals surface area contributed by atoms with Gasteiger partial charge in [0.15, 0.2) is 5.82 Å². The molecule has 5 nitrogen and oxygen atoms in total. The van der Waals surface area contributed by atoms with Gasteiger partial charge in [0.1, 0.15) is 10.8 Å². The van der Waals surface area contributed by atoms with Crippen molar-refractivity contribution in [2.45, 2.75) is 38.4 Å². The largest absolute Gasteiger partial charge is 0.372 e. The summed E-state index contributed by atoms with van der Waals surface area (Å²) in [7, 11) is 0. The van der Waals surface area contributed by atoms with Gasteiger partial charge in [0.2, 0.25) is 0 Å². The van der Waals surface area contributed by atoms with Gasteiger partial charge < -0.3 is 14.6 Å². The molecule has 2 aromatic heterocycles. The molecule has 0 bridgehead atoms. The second-order valence-corrected chi connectivity index (χ2v) is 9.06. The lowest BCUT2D eigenvalue weighted by Crippen LogP contribution is -2.37. The second-order valence-electron chi connectivity index (χ2n) is 8.70. The molecule has 170 valence electrons. The summed E-state index contributed by atoms with van der Waals surface area (Å²) in [6, 6.07) is 22.6. The van der Waals surface area contributed by atoms with Gasteiger partial charge in [0, 0.05) is 24.3 Å². The average Bonchev–Trinajstić information content (AvgIpc) is 3.29. The van der Waals surface area contributed by atoms with Crippen molar-refractivity contribution >= 4 is 22.6 Å². The van der Waals surface area contributed by atoms with Crippen LogP contribution in [0.3, 0.4) is 0 Å². The number of aryl methyl sites for hydroxylation is 1. The van der Waals surface area contributed by atoms with Gasteiger partial charge in [-0.15, -0.1) is 0 Å². The molecule has 33 heavy (non-hydrogen) atoms. The molecule has 6 heteroatoms. The van der Waals surface area contributed by atoms with Crippen LogP contribution in [0.25, 0.3) is 22.4 Å². The first-order valence-corrected chi connectivity index (χ1v) is 12.1. The van der Waals surface area contributed by atoms with Gasteiger partial charge in [0.25, 0.3) is 0 Å². The quantitative estimate of drug-likeness (QED) is 0.333. The van der Waals surface area contributed by atoms with Crippen molar-refractivity contribution in [3.63, 3.8) is 0 Å². The number of halogens is 1.